The largest absolute Gasteiger partial charge is 0.361 e. The zero-order chi connectivity index (χ0) is 20.4. The van der Waals surface area contributed by atoms with Gasteiger partial charge in [0.25, 0.3) is 0 Å². The molecule has 0 saturated heterocycles. The van der Waals surface area contributed by atoms with E-state index in [0.717, 1.165) is 29.9 Å². The van der Waals surface area contributed by atoms with E-state index in [2.05, 4.69) is 32.0 Å². The molecular formula is C21H27N5O2. The van der Waals surface area contributed by atoms with Crippen LogP contribution in [0.4, 0.5) is 5.69 Å². The molecule has 1 aromatic heterocycles. The molecule has 0 aliphatic rings. The molecule has 0 aliphatic carbocycles. The summed E-state index contributed by atoms with van der Waals surface area (Å²) < 4.78 is 5.37. The van der Waals surface area contributed by atoms with Crippen LogP contribution >= 0.6 is 0 Å². The van der Waals surface area contributed by atoms with Crippen molar-refractivity contribution in [2.24, 2.45) is 4.99 Å². The van der Waals surface area contributed by atoms with E-state index in [1.807, 2.05) is 26.8 Å². The first kappa shape index (κ1) is 21.0. The van der Waals surface area contributed by atoms with Gasteiger partial charge in [0.05, 0.1) is 18.8 Å². The predicted octanol–water partition coefficient (Wildman–Crippen LogP) is 2.47. The zero-order valence-corrected chi connectivity index (χ0v) is 16.6. The monoisotopic (exact) mass is 381 g/mol. The van der Waals surface area contributed by atoms with Crippen LogP contribution in [0.1, 0.15) is 43.4 Å². The molecule has 1 amide bonds. The van der Waals surface area contributed by atoms with Crippen molar-refractivity contribution >= 4 is 17.6 Å². The Hall–Kier alpha value is -3.27. The highest BCUT2D eigenvalue weighted by molar-refractivity contribution is 5.95. The van der Waals surface area contributed by atoms with Crippen LogP contribution in [0.25, 0.3) is 0 Å². The molecule has 0 saturated carbocycles. The molecule has 1 aromatic carbocycles. The molecule has 0 fully saturated rings. The van der Waals surface area contributed by atoms with Gasteiger partial charge in [-0.3, -0.25) is 4.79 Å². The van der Waals surface area contributed by atoms with Gasteiger partial charge in [0.2, 0.25) is 5.91 Å². The molecule has 0 aliphatic heterocycles. The number of terminal acetylenes is 1. The number of hydrogen-bond acceptors (Lipinski definition) is 4. The van der Waals surface area contributed by atoms with Gasteiger partial charge in [-0.2, -0.15) is 0 Å². The smallest absolute Gasteiger partial charge is 0.243 e. The second-order valence-corrected chi connectivity index (χ2v) is 6.06. The standard InChI is InChI=1S/C21H27N5O2/c1-5-15-10-9-11-16(12-15)25-20(27)14-24-21(22-8-4)23-13-17-18(6-2)26-28-19(17)7-3/h1,9-12H,6-8,13-14H2,2-4H3,(H,25,27)(H2,22,23,24). The topological polar surface area (TPSA) is 91.5 Å². The third-order valence-corrected chi connectivity index (χ3v) is 4.08. The molecule has 0 atom stereocenters. The Kier molecular flexibility index (Phi) is 8.10. The van der Waals surface area contributed by atoms with Crippen LogP contribution in [-0.4, -0.2) is 30.1 Å². The van der Waals surface area contributed by atoms with Gasteiger partial charge in [-0.05, 0) is 31.5 Å². The molecule has 2 rings (SSSR count). The summed E-state index contributed by atoms with van der Waals surface area (Å²) in [6.07, 6.45) is 6.94. The molecule has 3 N–H and O–H groups in total. The highest BCUT2D eigenvalue weighted by atomic mass is 16.5. The number of amides is 1. The minimum absolute atomic E-state index is 0.0804. The minimum atomic E-state index is -0.187. The number of carbonyl (C=O) groups is 1. The molecule has 1 heterocycles. The zero-order valence-electron chi connectivity index (χ0n) is 16.6. The van der Waals surface area contributed by atoms with Gasteiger partial charge in [-0.1, -0.05) is 31.0 Å². The van der Waals surface area contributed by atoms with Crippen LogP contribution in [0.5, 0.6) is 0 Å². The van der Waals surface area contributed by atoms with Crippen molar-refractivity contribution in [3.8, 4) is 12.3 Å². The molecular weight excluding hydrogens is 354 g/mol. The number of carbonyl (C=O) groups excluding carboxylic acids is 1. The van der Waals surface area contributed by atoms with Crippen molar-refractivity contribution in [2.45, 2.75) is 40.2 Å². The van der Waals surface area contributed by atoms with E-state index in [4.69, 9.17) is 10.9 Å². The maximum atomic E-state index is 12.2. The van der Waals surface area contributed by atoms with Crippen LogP contribution in [0.2, 0.25) is 0 Å². The quantitative estimate of drug-likeness (QED) is 0.371. The second-order valence-electron chi connectivity index (χ2n) is 6.06. The first-order chi connectivity index (χ1) is 13.6. The van der Waals surface area contributed by atoms with Gasteiger partial charge in [0, 0.05) is 29.8 Å². The van der Waals surface area contributed by atoms with E-state index in [9.17, 15) is 4.79 Å². The number of benzene rings is 1. The highest BCUT2D eigenvalue weighted by Gasteiger charge is 2.13. The molecule has 7 heteroatoms. The number of aromatic nitrogens is 1. The summed E-state index contributed by atoms with van der Waals surface area (Å²) in [6.45, 7) is 7.23. The van der Waals surface area contributed by atoms with Gasteiger partial charge >= 0.3 is 0 Å². The number of anilines is 1. The number of aliphatic imine (C=N–C) groups is 1. The third-order valence-electron chi connectivity index (χ3n) is 4.08. The Labute approximate surface area is 166 Å². The molecule has 0 spiro atoms. The molecule has 28 heavy (non-hydrogen) atoms. The van der Waals surface area contributed by atoms with Gasteiger partial charge in [-0.25, -0.2) is 4.99 Å². The van der Waals surface area contributed by atoms with Gasteiger partial charge < -0.3 is 20.5 Å². The van der Waals surface area contributed by atoms with Crippen LogP contribution in [0.3, 0.4) is 0 Å². The summed E-state index contributed by atoms with van der Waals surface area (Å²) in [5.74, 6) is 3.77. The van der Waals surface area contributed by atoms with Gasteiger partial charge in [0.1, 0.15) is 5.76 Å². The summed E-state index contributed by atoms with van der Waals surface area (Å²) in [5.41, 5.74) is 3.31. The van der Waals surface area contributed by atoms with E-state index in [1.165, 1.54) is 0 Å². The van der Waals surface area contributed by atoms with Crippen molar-refractivity contribution in [1.29, 1.82) is 0 Å². The Morgan fingerprint density at radius 3 is 2.75 bits per heavy atom. The summed E-state index contributed by atoms with van der Waals surface area (Å²) >= 11 is 0. The lowest BCUT2D eigenvalue weighted by molar-refractivity contribution is -0.115. The fourth-order valence-corrected chi connectivity index (χ4v) is 2.67. The molecule has 0 bridgehead atoms. The molecule has 2 aromatic rings. The van der Waals surface area contributed by atoms with Crippen molar-refractivity contribution in [2.75, 3.05) is 18.4 Å². The van der Waals surface area contributed by atoms with Gasteiger partial charge in [0.15, 0.2) is 5.96 Å². The second kappa shape index (κ2) is 10.8. The first-order valence-electron chi connectivity index (χ1n) is 9.46. The normalized spacial score (nSPS) is 11.0. The summed E-state index contributed by atoms with van der Waals surface area (Å²) in [7, 11) is 0. The summed E-state index contributed by atoms with van der Waals surface area (Å²) in [6, 6.07) is 7.16. The van der Waals surface area contributed by atoms with Crippen LogP contribution < -0.4 is 16.0 Å². The average molecular weight is 381 g/mol. The van der Waals surface area contributed by atoms with Crippen LogP contribution in [-0.2, 0) is 24.2 Å². The summed E-state index contributed by atoms with van der Waals surface area (Å²) in [4.78, 5) is 16.8. The van der Waals surface area contributed by atoms with Crippen molar-refractivity contribution in [3.05, 3.63) is 46.8 Å². The number of guanidine groups is 1. The third kappa shape index (κ3) is 5.88. The van der Waals surface area contributed by atoms with Crippen molar-refractivity contribution < 1.29 is 9.32 Å². The Bertz CT molecular complexity index is 842. The fourth-order valence-electron chi connectivity index (χ4n) is 2.67. The lowest BCUT2D eigenvalue weighted by Gasteiger charge is -2.12. The molecule has 148 valence electrons. The predicted molar refractivity (Wildman–Crippen MR) is 111 cm³/mol. The number of hydrogen-bond donors (Lipinski definition) is 3. The number of rotatable bonds is 8. The lowest BCUT2D eigenvalue weighted by Crippen LogP contribution is -2.41. The summed E-state index contributed by atoms with van der Waals surface area (Å²) in [5, 5.41) is 13.1. The average Bonchev–Trinajstić information content (AvgIpc) is 3.12. The van der Waals surface area contributed by atoms with E-state index in [-0.39, 0.29) is 12.5 Å². The number of aryl methyl sites for hydroxylation is 2. The maximum Gasteiger partial charge on any atom is 0.243 e. The van der Waals surface area contributed by atoms with Gasteiger partial charge in [-0.15, -0.1) is 6.42 Å². The Balaban J connectivity index is 1.98. The van der Waals surface area contributed by atoms with E-state index in [0.29, 0.717) is 30.3 Å². The van der Waals surface area contributed by atoms with E-state index < -0.39 is 0 Å². The van der Waals surface area contributed by atoms with Crippen LogP contribution in [0, 0.1) is 12.3 Å². The highest BCUT2D eigenvalue weighted by Crippen LogP contribution is 2.16. The molecule has 7 nitrogen and oxygen atoms in total. The molecule has 0 unspecified atom stereocenters. The fraction of sp³-hybridized carbons (Fsp3) is 0.381. The van der Waals surface area contributed by atoms with Crippen molar-refractivity contribution in [1.82, 2.24) is 15.8 Å². The van der Waals surface area contributed by atoms with Crippen molar-refractivity contribution in [3.63, 3.8) is 0 Å². The Morgan fingerprint density at radius 2 is 2.07 bits per heavy atom. The number of nitrogens with zero attached hydrogens (tertiary/aromatic N) is 2. The van der Waals surface area contributed by atoms with E-state index >= 15 is 0 Å². The van der Waals surface area contributed by atoms with Crippen LogP contribution in [0.15, 0.2) is 33.8 Å². The Morgan fingerprint density at radius 1 is 1.25 bits per heavy atom. The minimum Gasteiger partial charge on any atom is -0.361 e. The van der Waals surface area contributed by atoms with E-state index in [1.54, 1.807) is 18.2 Å². The lowest BCUT2D eigenvalue weighted by atomic mass is 10.1. The maximum absolute atomic E-state index is 12.2. The number of nitrogens with one attached hydrogen (secondary N) is 3. The first-order valence-corrected chi connectivity index (χ1v) is 9.46. The molecule has 0 radical (unpaired) electrons. The SMILES string of the molecule is C#Cc1cccc(NC(=O)CNC(=NCc2c(CC)noc2CC)NCC)c1.